The van der Waals surface area contributed by atoms with E-state index in [1.165, 1.54) is 0 Å². The van der Waals surface area contributed by atoms with Gasteiger partial charge in [-0.2, -0.15) is 0 Å². The van der Waals surface area contributed by atoms with Crippen molar-refractivity contribution in [2.45, 2.75) is 6.54 Å². The number of hydrogen-bond acceptors (Lipinski definition) is 3. The molecule has 0 saturated carbocycles. The van der Waals surface area contributed by atoms with Crippen LogP contribution in [0.15, 0.2) is 55.0 Å². The number of nitrogens with one attached hydrogen (secondary N) is 2. The molecule has 2 aromatic heterocycles. The summed E-state index contributed by atoms with van der Waals surface area (Å²) >= 11 is 0. The Bertz CT molecular complexity index is 799. The minimum atomic E-state index is -0.286. The van der Waals surface area contributed by atoms with E-state index in [1.807, 2.05) is 30.5 Å². The topological polar surface area (TPSA) is 68.2 Å². The maximum Gasteiger partial charge on any atom is 0.323 e. The van der Waals surface area contributed by atoms with Gasteiger partial charge in [0.1, 0.15) is 0 Å². The summed E-state index contributed by atoms with van der Waals surface area (Å²) in [6, 6.07) is 11.1. The number of amides is 2. The number of hydrogen-bond donors (Lipinski definition) is 2. The zero-order valence-electron chi connectivity index (χ0n) is 12.8. The van der Waals surface area contributed by atoms with Crippen molar-refractivity contribution in [3.8, 4) is 0 Å². The van der Waals surface area contributed by atoms with Crippen LogP contribution in [0.2, 0.25) is 0 Å². The van der Waals surface area contributed by atoms with Gasteiger partial charge < -0.3 is 19.9 Å². The molecule has 2 N–H and O–H groups in total. The van der Waals surface area contributed by atoms with E-state index in [9.17, 15) is 4.79 Å². The second kappa shape index (κ2) is 6.93. The van der Waals surface area contributed by atoms with Crippen molar-refractivity contribution in [3.63, 3.8) is 0 Å². The van der Waals surface area contributed by atoms with Crippen LogP contribution in [-0.4, -0.2) is 29.3 Å². The SMILES string of the molecule is COCCn1cc(NC(=O)Nc2ccncc2)c2ccccc21. The van der Waals surface area contributed by atoms with Crippen LogP contribution < -0.4 is 10.6 Å². The Labute approximate surface area is 134 Å². The average Bonchev–Trinajstić information content (AvgIpc) is 2.92. The van der Waals surface area contributed by atoms with Gasteiger partial charge in [-0.25, -0.2) is 4.79 Å². The van der Waals surface area contributed by atoms with Gasteiger partial charge in [0.2, 0.25) is 0 Å². The molecule has 0 atom stereocenters. The summed E-state index contributed by atoms with van der Waals surface area (Å²) < 4.78 is 7.21. The van der Waals surface area contributed by atoms with Crippen molar-refractivity contribution in [2.75, 3.05) is 24.4 Å². The Kier molecular flexibility index (Phi) is 4.54. The van der Waals surface area contributed by atoms with Gasteiger partial charge >= 0.3 is 6.03 Å². The molecule has 3 rings (SSSR count). The third-order valence-electron chi connectivity index (χ3n) is 3.51. The van der Waals surface area contributed by atoms with Gasteiger partial charge in [-0.15, -0.1) is 0 Å². The van der Waals surface area contributed by atoms with E-state index in [0.717, 1.165) is 23.1 Å². The molecule has 118 valence electrons. The molecule has 1 aromatic carbocycles. The Morgan fingerprint density at radius 1 is 1.17 bits per heavy atom. The Hall–Kier alpha value is -2.86. The summed E-state index contributed by atoms with van der Waals surface area (Å²) in [6.07, 6.45) is 5.19. The minimum absolute atomic E-state index is 0.286. The average molecular weight is 310 g/mol. The number of ether oxygens (including phenoxy) is 1. The summed E-state index contributed by atoms with van der Waals surface area (Å²) in [6.45, 7) is 1.34. The van der Waals surface area contributed by atoms with Crippen LogP contribution >= 0.6 is 0 Å². The van der Waals surface area contributed by atoms with Gasteiger partial charge in [-0.1, -0.05) is 18.2 Å². The number of aromatic nitrogens is 2. The fourth-order valence-corrected chi connectivity index (χ4v) is 2.44. The zero-order valence-corrected chi connectivity index (χ0v) is 12.8. The number of anilines is 2. The predicted molar refractivity (Wildman–Crippen MR) is 90.7 cm³/mol. The van der Waals surface area contributed by atoms with Crippen LogP contribution in [-0.2, 0) is 11.3 Å². The van der Waals surface area contributed by atoms with Crippen LogP contribution in [0.1, 0.15) is 0 Å². The maximum absolute atomic E-state index is 12.2. The summed E-state index contributed by atoms with van der Waals surface area (Å²) in [4.78, 5) is 16.1. The molecule has 0 spiro atoms. The largest absolute Gasteiger partial charge is 0.383 e. The Balaban J connectivity index is 1.80. The molecule has 2 amide bonds. The van der Waals surface area contributed by atoms with Crippen LogP contribution in [0, 0.1) is 0 Å². The van der Waals surface area contributed by atoms with Crippen molar-refractivity contribution in [2.24, 2.45) is 0 Å². The third kappa shape index (κ3) is 3.49. The number of urea groups is 1. The molecule has 3 aromatic rings. The maximum atomic E-state index is 12.2. The number of benzene rings is 1. The smallest absolute Gasteiger partial charge is 0.323 e. The minimum Gasteiger partial charge on any atom is -0.383 e. The van der Waals surface area contributed by atoms with Crippen molar-refractivity contribution < 1.29 is 9.53 Å². The summed E-state index contributed by atoms with van der Waals surface area (Å²) in [5, 5.41) is 6.68. The van der Waals surface area contributed by atoms with Gasteiger partial charge in [0, 0.05) is 43.3 Å². The highest BCUT2D eigenvalue weighted by Crippen LogP contribution is 2.26. The van der Waals surface area contributed by atoms with Crippen LogP contribution in [0.5, 0.6) is 0 Å². The molecule has 6 heteroatoms. The molecule has 0 saturated heterocycles. The van der Waals surface area contributed by atoms with E-state index in [2.05, 4.69) is 20.2 Å². The summed E-state index contributed by atoms with van der Waals surface area (Å²) in [5.41, 5.74) is 2.52. The molecule has 23 heavy (non-hydrogen) atoms. The second-order valence-corrected chi connectivity index (χ2v) is 5.06. The van der Waals surface area contributed by atoms with Gasteiger partial charge in [-0.05, 0) is 18.2 Å². The van der Waals surface area contributed by atoms with E-state index in [-0.39, 0.29) is 6.03 Å². The number of carbonyl (C=O) groups excluding carboxylic acids is 1. The lowest BCUT2D eigenvalue weighted by Gasteiger charge is -2.06. The zero-order chi connectivity index (χ0) is 16.1. The number of rotatable bonds is 5. The normalized spacial score (nSPS) is 10.7. The number of fused-ring (bicyclic) bond motifs is 1. The second-order valence-electron chi connectivity index (χ2n) is 5.06. The molecule has 6 nitrogen and oxygen atoms in total. The molecule has 2 heterocycles. The monoisotopic (exact) mass is 310 g/mol. The van der Waals surface area contributed by atoms with E-state index < -0.39 is 0 Å². The molecule has 0 radical (unpaired) electrons. The van der Waals surface area contributed by atoms with Crippen LogP contribution in [0.25, 0.3) is 10.9 Å². The first-order valence-corrected chi connectivity index (χ1v) is 7.33. The predicted octanol–water partition coefficient (Wildman–Crippen LogP) is 3.33. The fourth-order valence-electron chi connectivity index (χ4n) is 2.44. The van der Waals surface area contributed by atoms with Gasteiger partial charge in [0.05, 0.1) is 17.8 Å². The fraction of sp³-hybridized carbons (Fsp3) is 0.176. The quantitative estimate of drug-likeness (QED) is 0.759. The van der Waals surface area contributed by atoms with E-state index in [0.29, 0.717) is 12.3 Å². The summed E-state index contributed by atoms with van der Waals surface area (Å²) in [5.74, 6) is 0. The van der Waals surface area contributed by atoms with Crippen molar-refractivity contribution in [3.05, 3.63) is 55.0 Å². The highest BCUT2D eigenvalue weighted by molar-refractivity contribution is 6.06. The number of para-hydroxylation sites is 1. The van der Waals surface area contributed by atoms with E-state index in [1.54, 1.807) is 31.6 Å². The third-order valence-corrected chi connectivity index (χ3v) is 3.51. The van der Waals surface area contributed by atoms with Crippen molar-refractivity contribution in [1.82, 2.24) is 9.55 Å². The molecule has 0 aliphatic heterocycles. The van der Waals surface area contributed by atoms with Gasteiger partial charge in [0.25, 0.3) is 0 Å². The highest BCUT2D eigenvalue weighted by atomic mass is 16.5. The summed E-state index contributed by atoms with van der Waals surface area (Å²) in [7, 11) is 1.67. The van der Waals surface area contributed by atoms with E-state index >= 15 is 0 Å². The number of carbonyl (C=O) groups is 1. The molecular weight excluding hydrogens is 292 g/mol. The Morgan fingerprint density at radius 2 is 1.96 bits per heavy atom. The molecule has 0 bridgehead atoms. The molecule has 0 aliphatic carbocycles. The molecule has 0 aliphatic rings. The van der Waals surface area contributed by atoms with Crippen LogP contribution in [0.4, 0.5) is 16.2 Å². The van der Waals surface area contributed by atoms with Crippen molar-refractivity contribution in [1.29, 1.82) is 0 Å². The lowest BCUT2D eigenvalue weighted by molar-refractivity contribution is 0.188. The first-order valence-electron chi connectivity index (χ1n) is 7.33. The number of nitrogens with zero attached hydrogens (tertiary/aromatic N) is 2. The lowest BCUT2D eigenvalue weighted by Crippen LogP contribution is -2.19. The molecule has 0 unspecified atom stereocenters. The van der Waals surface area contributed by atoms with Gasteiger partial charge in [-0.3, -0.25) is 4.98 Å². The van der Waals surface area contributed by atoms with Crippen molar-refractivity contribution >= 4 is 28.3 Å². The number of methoxy groups -OCH3 is 1. The molecular formula is C17H18N4O2. The lowest BCUT2D eigenvalue weighted by atomic mass is 10.2. The Morgan fingerprint density at radius 3 is 2.74 bits per heavy atom. The standard InChI is InChI=1S/C17H18N4O2/c1-23-11-10-21-12-15(14-4-2-3-5-16(14)21)20-17(22)19-13-6-8-18-9-7-13/h2-9,12H,10-11H2,1H3,(H2,18,19,20,22). The highest BCUT2D eigenvalue weighted by Gasteiger charge is 2.10. The molecule has 0 fully saturated rings. The number of pyridine rings is 1. The van der Waals surface area contributed by atoms with Crippen LogP contribution in [0.3, 0.4) is 0 Å². The first kappa shape index (κ1) is 15.1. The first-order chi connectivity index (χ1) is 11.3. The van der Waals surface area contributed by atoms with Gasteiger partial charge in [0.15, 0.2) is 0 Å². The van der Waals surface area contributed by atoms with E-state index in [4.69, 9.17) is 4.74 Å².